The Bertz CT molecular complexity index is 1210. The number of rotatable bonds is 5. The Morgan fingerprint density at radius 3 is 2.86 bits per heavy atom. The summed E-state index contributed by atoms with van der Waals surface area (Å²) in [4.78, 5) is 35.6. The third-order valence-corrected chi connectivity index (χ3v) is 5.63. The molecule has 0 spiro atoms. The van der Waals surface area contributed by atoms with Crippen LogP contribution >= 0.6 is 11.3 Å². The molecule has 4 aromatic heterocycles. The molecule has 0 saturated heterocycles. The van der Waals surface area contributed by atoms with E-state index in [0.717, 1.165) is 15.3 Å². The van der Waals surface area contributed by atoms with Crippen LogP contribution < -0.4 is 10.9 Å². The van der Waals surface area contributed by atoms with Gasteiger partial charge in [-0.3, -0.25) is 14.2 Å². The number of nitrogens with zero attached hydrogens (tertiary/aromatic N) is 5. The lowest BCUT2D eigenvalue weighted by Crippen LogP contribution is -2.24. The van der Waals surface area contributed by atoms with E-state index in [1.807, 2.05) is 13.8 Å². The fraction of sp³-hybridized carbons (Fsp3) is 0.211. The quantitative estimate of drug-likeness (QED) is 0.562. The van der Waals surface area contributed by atoms with Crippen molar-refractivity contribution in [1.29, 1.82) is 0 Å². The number of nitrogens with one attached hydrogen (secondary N) is 1. The molecule has 1 amide bonds. The number of fused-ring (bicyclic) bond motifs is 1. The maximum absolute atomic E-state index is 12.7. The van der Waals surface area contributed by atoms with Crippen LogP contribution in [0.25, 0.3) is 16.0 Å². The smallest absolute Gasteiger partial charge is 0.262 e. The summed E-state index contributed by atoms with van der Waals surface area (Å²) in [6, 6.07) is 5.29. The van der Waals surface area contributed by atoms with Crippen LogP contribution in [0.15, 0.2) is 47.9 Å². The van der Waals surface area contributed by atoms with Gasteiger partial charge in [0.05, 0.1) is 17.4 Å². The van der Waals surface area contributed by atoms with E-state index in [4.69, 9.17) is 0 Å². The zero-order valence-corrected chi connectivity index (χ0v) is 16.2. The number of amides is 1. The minimum absolute atomic E-state index is 0.113. The SMILES string of the molecule is Cc1sc2ncn(CCC(=O)Nc3cccnc3-n3cccn3)c(=O)c2c1C. The average molecular weight is 394 g/mol. The Hall–Kier alpha value is -3.33. The molecule has 0 aromatic carbocycles. The predicted octanol–water partition coefficient (Wildman–Crippen LogP) is 2.68. The van der Waals surface area contributed by atoms with Gasteiger partial charge in [-0.1, -0.05) is 0 Å². The Morgan fingerprint density at radius 1 is 1.21 bits per heavy atom. The van der Waals surface area contributed by atoms with Gasteiger partial charge in [-0.15, -0.1) is 11.3 Å². The van der Waals surface area contributed by atoms with Gasteiger partial charge < -0.3 is 5.32 Å². The highest BCUT2D eigenvalue weighted by atomic mass is 32.1. The molecule has 1 N–H and O–H groups in total. The van der Waals surface area contributed by atoms with Crippen molar-refractivity contribution in [2.24, 2.45) is 0 Å². The van der Waals surface area contributed by atoms with Gasteiger partial charge in [0.2, 0.25) is 5.91 Å². The second kappa shape index (κ2) is 7.35. The summed E-state index contributed by atoms with van der Waals surface area (Å²) in [5.74, 6) is 0.317. The van der Waals surface area contributed by atoms with E-state index >= 15 is 0 Å². The van der Waals surface area contributed by atoms with Crippen molar-refractivity contribution < 1.29 is 4.79 Å². The van der Waals surface area contributed by atoms with Gasteiger partial charge in [-0.05, 0) is 37.6 Å². The summed E-state index contributed by atoms with van der Waals surface area (Å²) >= 11 is 1.51. The van der Waals surface area contributed by atoms with E-state index in [2.05, 4.69) is 20.4 Å². The molecule has 9 heteroatoms. The number of aryl methyl sites for hydroxylation is 3. The van der Waals surface area contributed by atoms with E-state index in [-0.39, 0.29) is 24.4 Å². The Kier molecular flexibility index (Phi) is 4.74. The van der Waals surface area contributed by atoms with Gasteiger partial charge in [0.15, 0.2) is 5.82 Å². The van der Waals surface area contributed by atoms with Gasteiger partial charge in [0.1, 0.15) is 4.83 Å². The monoisotopic (exact) mass is 394 g/mol. The standard InChI is InChI=1S/C19H18N6O2S/c1-12-13(2)28-18-16(12)19(27)24(11-21-18)10-6-15(26)23-14-5-3-7-20-17(14)25-9-4-8-22-25/h3-5,7-9,11H,6,10H2,1-2H3,(H,23,26). The van der Waals surface area contributed by atoms with Gasteiger partial charge in [-0.25, -0.2) is 14.6 Å². The largest absolute Gasteiger partial charge is 0.323 e. The van der Waals surface area contributed by atoms with E-state index < -0.39 is 0 Å². The molecule has 0 aliphatic rings. The Morgan fingerprint density at radius 2 is 2.07 bits per heavy atom. The average Bonchev–Trinajstić information content (AvgIpc) is 3.31. The number of thiophene rings is 1. The number of hydrogen-bond donors (Lipinski definition) is 1. The molecule has 0 fully saturated rings. The normalized spacial score (nSPS) is 11.1. The van der Waals surface area contributed by atoms with Crippen LogP contribution in [-0.4, -0.2) is 30.2 Å². The van der Waals surface area contributed by atoms with Crippen molar-refractivity contribution >= 4 is 33.1 Å². The molecule has 4 aromatic rings. The number of carbonyl (C=O) groups is 1. The molecule has 0 atom stereocenters. The van der Waals surface area contributed by atoms with Crippen LogP contribution in [0.4, 0.5) is 5.69 Å². The molecule has 4 heterocycles. The van der Waals surface area contributed by atoms with E-state index in [9.17, 15) is 9.59 Å². The van der Waals surface area contributed by atoms with Crippen LogP contribution in [0.2, 0.25) is 0 Å². The van der Waals surface area contributed by atoms with Gasteiger partial charge in [-0.2, -0.15) is 5.10 Å². The fourth-order valence-corrected chi connectivity index (χ4v) is 3.92. The second-order valence-corrected chi connectivity index (χ2v) is 7.53. The van der Waals surface area contributed by atoms with Gasteiger partial charge in [0, 0.05) is 36.4 Å². The minimum atomic E-state index is -0.216. The zero-order valence-electron chi connectivity index (χ0n) is 15.4. The maximum atomic E-state index is 12.7. The van der Waals surface area contributed by atoms with Crippen LogP contribution in [0.1, 0.15) is 16.9 Å². The molecule has 0 aliphatic carbocycles. The molecule has 4 rings (SSSR count). The first-order valence-electron chi connectivity index (χ1n) is 8.74. The van der Waals surface area contributed by atoms with Crippen molar-refractivity contribution in [1.82, 2.24) is 24.3 Å². The number of hydrogen-bond acceptors (Lipinski definition) is 6. The molecular formula is C19H18N6O2S. The van der Waals surface area contributed by atoms with Crippen LogP contribution in [0, 0.1) is 13.8 Å². The molecule has 0 bridgehead atoms. The summed E-state index contributed by atoms with van der Waals surface area (Å²) < 4.78 is 3.07. The van der Waals surface area contributed by atoms with E-state index in [1.54, 1.807) is 41.5 Å². The van der Waals surface area contributed by atoms with Crippen LogP contribution in [0.5, 0.6) is 0 Å². The highest BCUT2D eigenvalue weighted by molar-refractivity contribution is 7.18. The predicted molar refractivity (Wildman–Crippen MR) is 108 cm³/mol. The molecule has 0 aliphatic heterocycles. The first kappa shape index (κ1) is 18.1. The molecule has 142 valence electrons. The first-order chi connectivity index (χ1) is 13.5. The van der Waals surface area contributed by atoms with Gasteiger partial charge >= 0.3 is 0 Å². The number of aromatic nitrogens is 5. The summed E-state index contributed by atoms with van der Waals surface area (Å²) in [6.45, 7) is 4.15. The van der Waals surface area contributed by atoms with Gasteiger partial charge in [0.25, 0.3) is 5.56 Å². The molecule has 0 radical (unpaired) electrons. The zero-order chi connectivity index (χ0) is 19.7. The van der Waals surface area contributed by atoms with E-state index in [0.29, 0.717) is 16.9 Å². The summed E-state index contributed by atoms with van der Waals surface area (Å²) in [7, 11) is 0. The maximum Gasteiger partial charge on any atom is 0.262 e. The molecule has 0 unspecified atom stereocenters. The number of carbonyl (C=O) groups excluding carboxylic acids is 1. The minimum Gasteiger partial charge on any atom is -0.323 e. The van der Waals surface area contributed by atoms with Crippen molar-refractivity contribution in [3.63, 3.8) is 0 Å². The van der Waals surface area contributed by atoms with Crippen LogP contribution in [-0.2, 0) is 11.3 Å². The molecule has 8 nitrogen and oxygen atoms in total. The summed E-state index contributed by atoms with van der Waals surface area (Å²) in [5, 5.41) is 7.63. The highest BCUT2D eigenvalue weighted by Gasteiger charge is 2.14. The topological polar surface area (TPSA) is 94.7 Å². The first-order valence-corrected chi connectivity index (χ1v) is 9.56. The third kappa shape index (κ3) is 3.31. The highest BCUT2D eigenvalue weighted by Crippen LogP contribution is 2.25. The van der Waals surface area contributed by atoms with Crippen molar-refractivity contribution in [2.45, 2.75) is 26.8 Å². The lowest BCUT2D eigenvalue weighted by atomic mass is 10.2. The van der Waals surface area contributed by atoms with Crippen LogP contribution in [0.3, 0.4) is 0 Å². The molecule has 0 saturated carbocycles. The van der Waals surface area contributed by atoms with Crippen molar-refractivity contribution in [2.75, 3.05) is 5.32 Å². The van der Waals surface area contributed by atoms with Crippen molar-refractivity contribution in [3.8, 4) is 5.82 Å². The van der Waals surface area contributed by atoms with Crippen molar-refractivity contribution in [3.05, 3.63) is 63.9 Å². The second-order valence-electron chi connectivity index (χ2n) is 6.33. The van der Waals surface area contributed by atoms with E-state index in [1.165, 1.54) is 22.2 Å². The number of pyridine rings is 1. The summed E-state index contributed by atoms with van der Waals surface area (Å²) in [5.41, 5.74) is 1.40. The Balaban J connectivity index is 1.51. The fourth-order valence-electron chi connectivity index (χ4n) is 2.94. The lowest BCUT2D eigenvalue weighted by Gasteiger charge is -2.10. The Labute approximate surface area is 164 Å². The number of anilines is 1. The molecule has 28 heavy (non-hydrogen) atoms. The lowest BCUT2D eigenvalue weighted by molar-refractivity contribution is -0.116. The summed E-state index contributed by atoms with van der Waals surface area (Å²) in [6.07, 6.45) is 6.68. The molecular weight excluding hydrogens is 376 g/mol. The third-order valence-electron chi connectivity index (χ3n) is 4.52.